The third-order valence-corrected chi connectivity index (χ3v) is 5.29. The Kier molecular flexibility index (Phi) is 5.95. The van der Waals surface area contributed by atoms with Crippen LogP contribution in [-0.2, 0) is 11.3 Å². The minimum Gasteiger partial charge on any atom is -0.383 e. The number of hydrogen-bond acceptors (Lipinski definition) is 5. The van der Waals surface area contributed by atoms with Crippen molar-refractivity contribution < 1.29 is 9.53 Å². The van der Waals surface area contributed by atoms with E-state index in [4.69, 9.17) is 4.74 Å². The van der Waals surface area contributed by atoms with Crippen LogP contribution >= 0.6 is 0 Å². The van der Waals surface area contributed by atoms with Gasteiger partial charge < -0.3 is 14.2 Å². The van der Waals surface area contributed by atoms with Crippen molar-refractivity contribution in [3.8, 4) is 11.4 Å². The lowest BCUT2D eigenvalue weighted by molar-refractivity contribution is 0.0701. The first-order chi connectivity index (χ1) is 14.3. The van der Waals surface area contributed by atoms with Gasteiger partial charge in [-0.25, -0.2) is 15.0 Å². The molecule has 4 rings (SSSR count). The molecule has 3 aromatic rings. The van der Waals surface area contributed by atoms with E-state index in [9.17, 15) is 4.79 Å². The van der Waals surface area contributed by atoms with Crippen LogP contribution in [0.15, 0.2) is 55.1 Å². The molecule has 1 amide bonds. The molecule has 29 heavy (non-hydrogen) atoms. The number of imidazole rings is 1. The van der Waals surface area contributed by atoms with Gasteiger partial charge >= 0.3 is 0 Å². The molecule has 1 aliphatic rings. The largest absolute Gasteiger partial charge is 0.383 e. The van der Waals surface area contributed by atoms with Gasteiger partial charge in [0.25, 0.3) is 5.91 Å². The molecule has 0 aliphatic carbocycles. The Morgan fingerprint density at radius 1 is 1.17 bits per heavy atom. The maximum atomic E-state index is 13.0. The molecule has 1 fully saturated rings. The predicted molar refractivity (Wildman–Crippen MR) is 109 cm³/mol. The van der Waals surface area contributed by atoms with Crippen molar-refractivity contribution in [3.63, 3.8) is 0 Å². The van der Waals surface area contributed by atoms with Gasteiger partial charge in [-0.05, 0) is 12.8 Å². The lowest BCUT2D eigenvalue weighted by Gasteiger charge is -2.32. The minimum absolute atomic E-state index is 0.0238. The van der Waals surface area contributed by atoms with E-state index in [0.717, 1.165) is 37.3 Å². The summed E-state index contributed by atoms with van der Waals surface area (Å²) in [4.78, 5) is 28.2. The number of carbonyl (C=O) groups excluding carboxylic acids is 1. The monoisotopic (exact) mass is 391 g/mol. The van der Waals surface area contributed by atoms with E-state index in [1.165, 1.54) is 0 Å². The van der Waals surface area contributed by atoms with Crippen LogP contribution in [0.1, 0.15) is 34.9 Å². The van der Waals surface area contributed by atoms with Gasteiger partial charge in [0.15, 0.2) is 5.82 Å². The van der Waals surface area contributed by atoms with Gasteiger partial charge in [0, 0.05) is 63.0 Å². The highest BCUT2D eigenvalue weighted by molar-refractivity contribution is 5.93. The molecule has 150 valence electrons. The fourth-order valence-corrected chi connectivity index (χ4v) is 3.79. The van der Waals surface area contributed by atoms with Crippen LogP contribution in [0.2, 0.25) is 0 Å². The van der Waals surface area contributed by atoms with E-state index in [1.54, 1.807) is 19.5 Å². The van der Waals surface area contributed by atoms with Gasteiger partial charge in [-0.15, -0.1) is 0 Å². The second kappa shape index (κ2) is 8.96. The van der Waals surface area contributed by atoms with Crippen LogP contribution < -0.4 is 0 Å². The highest BCUT2D eigenvalue weighted by atomic mass is 16.5. The van der Waals surface area contributed by atoms with Crippen molar-refractivity contribution >= 4 is 5.91 Å². The van der Waals surface area contributed by atoms with Crippen LogP contribution in [0.3, 0.4) is 0 Å². The molecule has 1 unspecified atom stereocenters. The Labute approximate surface area is 170 Å². The van der Waals surface area contributed by atoms with Crippen molar-refractivity contribution in [3.05, 3.63) is 66.5 Å². The van der Waals surface area contributed by atoms with E-state index in [-0.39, 0.29) is 11.8 Å². The number of carbonyl (C=O) groups is 1. The molecule has 2 aromatic heterocycles. The third kappa shape index (κ3) is 4.35. The number of methoxy groups -OCH3 is 1. The first-order valence-electron chi connectivity index (χ1n) is 9.93. The quantitative estimate of drug-likeness (QED) is 0.646. The van der Waals surface area contributed by atoms with Gasteiger partial charge in [0.2, 0.25) is 0 Å². The lowest BCUT2D eigenvalue weighted by atomic mass is 9.96. The molecule has 7 nitrogen and oxygen atoms in total. The Balaban J connectivity index is 1.46. The molecule has 0 spiro atoms. The Bertz CT molecular complexity index is 939. The fraction of sp³-hybridized carbons (Fsp3) is 0.364. The van der Waals surface area contributed by atoms with E-state index in [2.05, 4.69) is 19.5 Å². The normalized spacial score (nSPS) is 16.7. The zero-order valence-electron chi connectivity index (χ0n) is 16.6. The lowest BCUT2D eigenvalue weighted by Crippen LogP contribution is -2.40. The topological polar surface area (TPSA) is 73.1 Å². The summed E-state index contributed by atoms with van der Waals surface area (Å²) in [5.74, 6) is 1.85. The number of piperidine rings is 1. The van der Waals surface area contributed by atoms with Crippen LogP contribution in [0, 0.1) is 0 Å². The number of hydrogen-bond donors (Lipinski definition) is 0. The number of benzene rings is 1. The molecule has 0 radical (unpaired) electrons. The second-order valence-electron chi connectivity index (χ2n) is 7.22. The van der Waals surface area contributed by atoms with Gasteiger partial charge in [-0.3, -0.25) is 4.79 Å². The second-order valence-corrected chi connectivity index (χ2v) is 7.22. The van der Waals surface area contributed by atoms with Gasteiger partial charge in [-0.2, -0.15) is 0 Å². The van der Waals surface area contributed by atoms with Crippen molar-refractivity contribution in [1.29, 1.82) is 0 Å². The van der Waals surface area contributed by atoms with E-state index >= 15 is 0 Å². The van der Waals surface area contributed by atoms with E-state index < -0.39 is 0 Å². The van der Waals surface area contributed by atoms with Crippen LogP contribution in [-0.4, -0.2) is 57.1 Å². The van der Waals surface area contributed by atoms with Gasteiger partial charge in [0.05, 0.1) is 12.2 Å². The Hall–Kier alpha value is -3.06. The average molecular weight is 391 g/mol. The molecule has 1 aliphatic heterocycles. The maximum Gasteiger partial charge on any atom is 0.257 e. The summed E-state index contributed by atoms with van der Waals surface area (Å²) >= 11 is 0. The van der Waals surface area contributed by atoms with Gasteiger partial charge in [0.1, 0.15) is 5.82 Å². The van der Waals surface area contributed by atoms with Crippen LogP contribution in [0.5, 0.6) is 0 Å². The summed E-state index contributed by atoms with van der Waals surface area (Å²) in [5, 5.41) is 0. The zero-order valence-corrected chi connectivity index (χ0v) is 16.6. The van der Waals surface area contributed by atoms with E-state index in [0.29, 0.717) is 24.5 Å². The average Bonchev–Trinajstić information content (AvgIpc) is 3.26. The molecule has 0 N–H and O–H groups in total. The van der Waals surface area contributed by atoms with Crippen molar-refractivity contribution in [1.82, 2.24) is 24.4 Å². The summed E-state index contributed by atoms with van der Waals surface area (Å²) in [6, 6.07) is 9.76. The van der Waals surface area contributed by atoms with Gasteiger partial charge in [-0.1, -0.05) is 30.3 Å². The molecule has 1 aromatic carbocycles. The molecular weight excluding hydrogens is 366 g/mol. The summed E-state index contributed by atoms with van der Waals surface area (Å²) in [6.07, 6.45) is 9.03. The predicted octanol–water partition coefficient (Wildman–Crippen LogP) is 3.01. The minimum atomic E-state index is -0.0238. The summed E-state index contributed by atoms with van der Waals surface area (Å²) in [6.45, 7) is 2.81. The number of nitrogens with zero attached hydrogens (tertiary/aromatic N) is 5. The van der Waals surface area contributed by atoms with Crippen molar-refractivity contribution in [2.24, 2.45) is 0 Å². The Morgan fingerprint density at radius 2 is 1.97 bits per heavy atom. The number of rotatable bonds is 6. The SMILES string of the molecule is COCCn1ccnc1C1CCCN(C(=O)c2cnc(-c3ccccc3)nc2)C1. The molecular formula is C22H25N5O2. The maximum absolute atomic E-state index is 13.0. The van der Waals surface area contributed by atoms with Crippen LogP contribution in [0.25, 0.3) is 11.4 Å². The zero-order chi connectivity index (χ0) is 20.1. The first kappa shape index (κ1) is 19.3. The fourth-order valence-electron chi connectivity index (χ4n) is 3.79. The summed E-state index contributed by atoms with van der Waals surface area (Å²) in [7, 11) is 1.70. The molecule has 3 heterocycles. The van der Waals surface area contributed by atoms with Crippen molar-refractivity contribution in [2.75, 3.05) is 26.8 Å². The third-order valence-electron chi connectivity index (χ3n) is 5.29. The van der Waals surface area contributed by atoms with Crippen molar-refractivity contribution in [2.45, 2.75) is 25.3 Å². The molecule has 0 bridgehead atoms. The number of amides is 1. The summed E-state index contributed by atoms with van der Waals surface area (Å²) in [5.41, 5.74) is 1.46. The number of ether oxygens (including phenoxy) is 1. The molecule has 0 saturated carbocycles. The number of likely N-dealkylation sites (tertiary alicyclic amines) is 1. The smallest absolute Gasteiger partial charge is 0.257 e. The standard InChI is InChI=1S/C22H25N5O2/c1-29-13-12-26-11-9-23-21(26)18-8-5-10-27(16-18)22(28)19-14-24-20(25-15-19)17-6-3-2-4-7-17/h2-4,6-7,9,11,14-15,18H,5,8,10,12-13,16H2,1H3. The van der Waals surface area contributed by atoms with E-state index in [1.807, 2.05) is 47.6 Å². The molecule has 1 saturated heterocycles. The number of aromatic nitrogens is 4. The summed E-state index contributed by atoms with van der Waals surface area (Å²) < 4.78 is 7.31. The Morgan fingerprint density at radius 3 is 2.72 bits per heavy atom. The highest BCUT2D eigenvalue weighted by Crippen LogP contribution is 2.27. The first-order valence-corrected chi connectivity index (χ1v) is 9.93. The molecule has 1 atom stereocenters. The van der Waals surface area contributed by atoms with Crippen LogP contribution in [0.4, 0.5) is 0 Å². The highest BCUT2D eigenvalue weighted by Gasteiger charge is 2.28. The molecule has 7 heteroatoms.